The van der Waals surface area contributed by atoms with Gasteiger partial charge in [-0.05, 0) is 25.5 Å². The molecule has 0 saturated heterocycles. The van der Waals surface area contributed by atoms with Gasteiger partial charge < -0.3 is 9.64 Å². The van der Waals surface area contributed by atoms with Crippen LogP contribution in [0, 0.1) is 0 Å². The molecule has 2 rings (SSSR count). The highest BCUT2D eigenvalue weighted by atomic mass is 16.5. The number of ketones is 1. The zero-order valence-electron chi connectivity index (χ0n) is 10.3. The molecular weight excluding hydrogens is 214 g/mol. The lowest BCUT2D eigenvalue weighted by atomic mass is 10.1. The van der Waals surface area contributed by atoms with Crippen LogP contribution in [0.2, 0.25) is 0 Å². The molecule has 0 saturated carbocycles. The number of carbonyl (C=O) groups excluding carboxylic acids is 1. The largest absolute Gasteiger partial charge is 0.380 e. The molecule has 1 aliphatic rings. The number of rotatable bonds is 4. The van der Waals surface area contributed by atoms with E-state index in [-0.39, 0.29) is 5.78 Å². The Bertz CT molecular complexity index is 390. The summed E-state index contributed by atoms with van der Waals surface area (Å²) in [6.07, 6.45) is 1.59. The van der Waals surface area contributed by atoms with Crippen LogP contribution < -0.4 is 4.90 Å². The lowest BCUT2D eigenvalue weighted by molar-refractivity contribution is 0.0984. The highest BCUT2D eigenvalue weighted by molar-refractivity contribution is 6.01. The van der Waals surface area contributed by atoms with E-state index in [0.717, 1.165) is 44.0 Å². The zero-order chi connectivity index (χ0) is 12.1. The fraction of sp³-hybridized carbons (Fsp3) is 0.500. The van der Waals surface area contributed by atoms with Crippen LogP contribution >= 0.6 is 0 Å². The van der Waals surface area contributed by atoms with Crippen LogP contribution in [0.25, 0.3) is 0 Å². The van der Waals surface area contributed by atoms with Gasteiger partial charge in [0.25, 0.3) is 0 Å². The SMILES string of the molecule is CCOCCN1CCCC(=O)c2ccccc21. The van der Waals surface area contributed by atoms with Gasteiger partial charge in [0, 0.05) is 37.4 Å². The number of ether oxygens (including phenoxy) is 1. The van der Waals surface area contributed by atoms with Crippen molar-refractivity contribution in [3.05, 3.63) is 29.8 Å². The molecule has 92 valence electrons. The molecule has 17 heavy (non-hydrogen) atoms. The first-order valence-electron chi connectivity index (χ1n) is 6.28. The van der Waals surface area contributed by atoms with E-state index < -0.39 is 0 Å². The van der Waals surface area contributed by atoms with E-state index in [4.69, 9.17) is 4.74 Å². The van der Waals surface area contributed by atoms with E-state index in [9.17, 15) is 4.79 Å². The molecule has 3 nitrogen and oxygen atoms in total. The van der Waals surface area contributed by atoms with Crippen LogP contribution in [0.5, 0.6) is 0 Å². The average Bonchev–Trinajstić information content (AvgIpc) is 2.51. The molecule has 0 atom stereocenters. The minimum Gasteiger partial charge on any atom is -0.380 e. The summed E-state index contributed by atoms with van der Waals surface area (Å²) in [7, 11) is 0. The van der Waals surface area contributed by atoms with E-state index in [1.165, 1.54) is 0 Å². The molecule has 0 aromatic heterocycles. The topological polar surface area (TPSA) is 29.5 Å². The smallest absolute Gasteiger partial charge is 0.165 e. The van der Waals surface area contributed by atoms with Crippen molar-refractivity contribution in [2.45, 2.75) is 19.8 Å². The van der Waals surface area contributed by atoms with Gasteiger partial charge in [-0.25, -0.2) is 0 Å². The summed E-state index contributed by atoms with van der Waals surface area (Å²) < 4.78 is 5.39. The summed E-state index contributed by atoms with van der Waals surface area (Å²) in [5.74, 6) is 0.263. The summed E-state index contributed by atoms with van der Waals surface area (Å²) in [6.45, 7) is 5.27. The molecule has 1 aromatic carbocycles. The number of hydrogen-bond donors (Lipinski definition) is 0. The Labute approximate surface area is 102 Å². The normalized spacial score (nSPS) is 15.6. The van der Waals surface area contributed by atoms with Crippen molar-refractivity contribution in [2.75, 3.05) is 31.2 Å². The summed E-state index contributed by atoms with van der Waals surface area (Å²) in [6, 6.07) is 7.88. The van der Waals surface area contributed by atoms with Gasteiger partial charge >= 0.3 is 0 Å². The van der Waals surface area contributed by atoms with Crippen molar-refractivity contribution >= 4 is 11.5 Å². The van der Waals surface area contributed by atoms with E-state index in [2.05, 4.69) is 4.90 Å². The van der Waals surface area contributed by atoms with Crippen molar-refractivity contribution in [3.8, 4) is 0 Å². The van der Waals surface area contributed by atoms with E-state index in [1.54, 1.807) is 0 Å². The predicted octanol–water partition coefficient (Wildman–Crippen LogP) is 2.51. The molecule has 0 aliphatic carbocycles. The van der Waals surface area contributed by atoms with Crippen LogP contribution in [0.15, 0.2) is 24.3 Å². The summed E-state index contributed by atoms with van der Waals surface area (Å²) in [4.78, 5) is 14.2. The second-order valence-electron chi connectivity index (χ2n) is 4.23. The fourth-order valence-electron chi connectivity index (χ4n) is 2.22. The van der Waals surface area contributed by atoms with Crippen molar-refractivity contribution < 1.29 is 9.53 Å². The van der Waals surface area contributed by atoms with Crippen LogP contribution in [-0.2, 0) is 4.74 Å². The molecule has 0 spiro atoms. The van der Waals surface area contributed by atoms with Crippen molar-refractivity contribution in [3.63, 3.8) is 0 Å². The minimum atomic E-state index is 0.263. The monoisotopic (exact) mass is 233 g/mol. The number of para-hydroxylation sites is 1. The van der Waals surface area contributed by atoms with E-state index in [1.807, 2.05) is 31.2 Å². The third-order valence-electron chi connectivity index (χ3n) is 3.09. The molecular formula is C14H19NO2. The molecule has 0 unspecified atom stereocenters. The predicted molar refractivity (Wildman–Crippen MR) is 68.7 cm³/mol. The lowest BCUT2D eigenvalue weighted by Gasteiger charge is -2.24. The van der Waals surface area contributed by atoms with Gasteiger partial charge in [-0.1, -0.05) is 12.1 Å². The Balaban J connectivity index is 2.17. The Morgan fingerprint density at radius 1 is 1.35 bits per heavy atom. The van der Waals surface area contributed by atoms with Crippen LogP contribution in [0.4, 0.5) is 5.69 Å². The molecule has 1 heterocycles. The Kier molecular flexibility index (Phi) is 4.15. The molecule has 0 N–H and O–H groups in total. The third-order valence-corrected chi connectivity index (χ3v) is 3.09. The Morgan fingerprint density at radius 2 is 2.18 bits per heavy atom. The number of hydrogen-bond acceptors (Lipinski definition) is 3. The average molecular weight is 233 g/mol. The van der Waals surface area contributed by atoms with Crippen LogP contribution in [0.1, 0.15) is 30.1 Å². The first kappa shape index (κ1) is 12.1. The van der Waals surface area contributed by atoms with Crippen molar-refractivity contribution in [1.29, 1.82) is 0 Å². The van der Waals surface area contributed by atoms with Gasteiger partial charge in [-0.15, -0.1) is 0 Å². The zero-order valence-corrected chi connectivity index (χ0v) is 10.3. The number of carbonyl (C=O) groups is 1. The molecule has 0 amide bonds. The maximum absolute atomic E-state index is 11.9. The molecule has 1 aliphatic heterocycles. The van der Waals surface area contributed by atoms with Crippen LogP contribution in [-0.4, -0.2) is 32.1 Å². The third kappa shape index (κ3) is 2.86. The first-order chi connectivity index (χ1) is 8.33. The van der Waals surface area contributed by atoms with Gasteiger partial charge in [0.05, 0.1) is 6.61 Å². The Hall–Kier alpha value is -1.35. The lowest BCUT2D eigenvalue weighted by Crippen LogP contribution is -2.28. The maximum Gasteiger partial charge on any atom is 0.165 e. The highest BCUT2D eigenvalue weighted by Crippen LogP contribution is 2.25. The quantitative estimate of drug-likeness (QED) is 0.748. The first-order valence-corrected chi connectivity index (χ1v) is 6.28. The molecule has 1 aromatic rings. The summed E-state index contributed by atoms with van der Waals surface area (Å²) in [5.41, 5.74) is 1.93. The number of fused-ring (bicyclic) bond motifs is 1. The van der Waals surface area contributed by atoms with Gasteiger partial charge in [-0.2, -0.15) is 0 Å². The van der Waals surface area contributed by atoms with Gasteiger partial charge in [-0.3, -0.25) is 4.79 Å². The second kappa shape index (κ2) is 5.82. The Morgan fingerprint density at radius 3 is 3.00 bits per heavy atom. The maximum atomic E-state index is 11.9. The van der Waals surface area contributed by atoms with Gasteiger partial charge in [0.2, 0.25) is 0 Å². The summed E-state index contributed by atoms with van der Waals surface area (Å²) in [5, 5.41) is 0. The fourth-order valence-corrected chi connectivity index (χ4v) is 2.22. The molecule has 0 fully saturated rings. The molecule has 0 radical (unpaired) electrons. The standard InChI is InChI=1S/C14H19NO2/c1-2-17-11-10-15-9-5-8-14(16)12-6-3-4-7-13(12)15/h3-4,6-7H,2,5,8-11H2,1H3. The number of nitrogens with zero attached hydrogens (tertiary/aromatic N) is 1. The van der Waals surface area contributed by atoms with Crippen molar-refractivity contribution in [1.82, 2.24) is 0 Å². The minimum absolute atomic E-state index is 0.263. The molecule has 3 heteroatoms. The van der Waals surface area contributed by atoms with E-state index in [0.29, 0.717) is 6.42 Å². The highest BCUT2D eigenvalue weighted by Gasteiger charge is 2.19. The van der Waals surface area contributed by atoms with Gasteiger partial charge in [0.15, 0.2) is 5.78 Å². The number of benzene rings is 1. The van der Waals surface area contributed by atoms with Crippen molar-refractivity contribution in [2.24, 2.45) is 0 Å². The van der Waals surface area contributed by atoms with Crippen LogP contribution in [0.3, 0.4) is 0 Å². The number of anilines is 1. The summed E-state index contributed by atoms with van der Waals surface area (Å²) >= 11 is 0. The second-order valence-corrected chi connectivity index (χ2v) is 4.23. The van der Waals surface area contributed by atoms with E-state index >= 15 is 0 Å². The molecule has 0 bridgehead atoms. The van der Waals surface area contributed by atoms with Gasteiger partial charge in [0.1, 0.15) is 0 Å². The number of Topliss-reactive ketones (excluding diaryl/α,β-unsaturated/α-hetero) is 1.